The van der Waals surface area contributed by atoms with Crippen LogP contribution in [0.15, 0.2) is 18.2 Å². The fourth-order valence-corrected chi connectivity index (χ4v) is 1.43. The van der Waals surface area contributed by atoms with Crippen molar-refractivity contribution in [2.24, 2.45) is 0 Å². The van der Waals surface area contributed by atoms with Gasteiger partial charge >= 0.3 is 5.97 Å². The molecule has 0 heterocycles. The van der Waals surface area contributed by atoms with Crippen LogP contribution in [-0.4, -0.2) is 30.1 Å². The second-order valence-corrected chi connectivity index (χ2v) is 3.73. The lowest BCUT2D eigenvalue weighted by Crippen LogP contribution is -2.40. The zero-order valence-electron chi connectivity index (χ0n) is 10.3. The second-order valence-electron chi connectivity index (χ2n) is 3.73. The highest BCUT2D eigenvalue weighted by Gasteiger charge is 2.20. The number of hydrogen-bond donors (Lipinski definition) is 3. The summed E-state index contributed by atoms with van der Waals surface area (Å²) in [5.74, 6) is 0.908. The highest BCUT2D eigenvalue weighted by molar-refractivity contribution is 6.01. The van der Waals surface area contributed by atoms with Gasteiger partial charge in [0.25, 0.3) is 5.91 Å². The molecule has 1 amide bonds. The van der Waals surface area contributed by atoms with Crippen LogP contribution in [0.2, 0.25) is 0 Å². The van der Waals surface area contributed by atoms with E-state index in [4.69, 9.17) is 22.0 Å². The Morgan fingerprint density at radius 1 is 1.58 bits per heavy atom. The molecule has 0 aliphatic carbocycles. The third-order valence-electron chi connectivity index (χ3n) is 2.43. The summed E-state index contributed by atoms with van der Waals surface area (Å²) in [6.07, 6.45) is 4.94. The SMILES string of the molecule is C#CCC(NC(=O)c1ccc(OC)cc1N)C(=O)O. The minimum atomic E-state index is -1.20. The molecule has 1 unspecified atom stereocenters. The monoisotopic (exact) mass is 262 g/mol. The topological polar surface area (TPSA) is 102 Å². The third kappa shape index (κ3) is 3.64. The molecule has 0 saturated heterocycles. The molecule has 0 aliphatic rings. The number of aliphatic carboxylic acids is 1. The predicted octanol–water partition coefficient (Wildman–Crippen LogP) is 0.484. The van der Waals surface area contributed by atoms with Crippen molar-refractivity contribution in [2.75, 3.05) is 12.8 Å². The molecule has 0 saturated carbocycles. The lowest BCUT2D eigenvalue weighted by molar-refractivity contribution is -0.139. The smallest absolute Gasteiger partial charge is 0.327 e. The number of carboxylic acid groups (broad SMARTS) is 1. The molecule has 4 N–H and O–H groups in total. The van der Waals surface area contributed by atoms with Crippen LogP contribution in [-0.2, 0) is 4.79 Å². The van der Waals surface area contributed by atoms with Crippen LogP contribution in [0.1, 0.15) is 16.8 Å². The van der Waals surface area contributed by atoms with Crippen LogP contribution in [0.3, 0.4) is 0 Å². The van der Waals surface area contributed by atoms with Crippen LogP contribution in [0.5, 0.6) is 5.75 Å². The summed E-state index contributed by atoms with van der Waals surface area (Å²) in [7, 11) is 1.47. The van der Waals surface area contributed by atoms with E-state index in [1.54, 1.807) is 6.07 Å². The van der Waals surface area contributed by atoms with E-state index in [0.717, 1.165) is 0 Å². The Bertz CT molecular complexity index is 534. The number of benzene rings is 1. The summed E-state index contributed by atoms with van der Waals surface area (Å²) >= 11 is 0. The quantitative estimate of drug-likeness (QED) is 0.529. The average Bonchev–Trinajstić information content (AvgIpc) is 2.37. The number of anilines is 1. The lowest BCUT2D eigenvalue weighted by Gasteiger charge is -2.13. The van der Waals surface area contributed by atoms with E-state index in [1.165, 1.54) is 19.2 Å². The van der Waals surface area contributed by atoms with Crippen LogP contribution < -0.4 is 15.8 Å². The number of methoxy groups -OCH3 is 1. The standard InChI is InChI=1S/C13H14N2O4/c1-3-4-11(13(17)18)15-12(16)9-6-5-8(19-2)7-10(9)14/h1,5-7,11H,4,14H2,2H3,(H,15,16)(H,17,18). The fraction of sp³-hybridized carbons (Fsp3) is 0.231. The van der Waals surface area contributed by atoms with E-state index in [1.807, 2.05) is 0 Å². The number of carbonyl (C=O) groups is 2. The van der Waals surface area contributed by atoms with Crippen molar-refractivity contribution in [3.8, 4) is 18.1 Å². The summed E-state index contributed by atoms with van der Waals surface area (Å²) in [6, 6.07) is 3.35. The lowest BCUT2D eigenvalue weighted by atomic mass is 10.1. The van der Waals surface area contributed by atoms with Gasteiger partial charge in [0, 0.05) is 18.2 Å². The van der Waals surface area contributed by atoms with Gasteiger partial charge in [0.1, 0.15) is 11.8 Å². The molecule has 100 valence electrons. The number of ether oxygens (including phenoxy) is 1. The summed E-state index contributed by atoms with van der Waals surface area (Å²) in [5.41, 5.74) is 6.06. The maximum Gasteiger partial charge on any atom is 0.327 e. The molecule has 1 rings (SSSR count). The van der Waals surface area contributed by atoms with Gasteiger partial charge in [0.15, 0.2) is 0 Å². The Morgan fingerprint density at radius 2 is 2.26 bits per heavy atom. The number of nitrogens with two attached hydrogens (primary N) is 1. The molecule has 1 aromatic carbocycles. The zero-order valence-corrected chi connectivity index (χ0v) is 10.3. The molecule has 0 aromatic heterocycles. The maximum absolute atomic E-state index is 11.9. The average molecular weight is 262 g/mol. The molecule has 1 aromatic rings. The van der Waals surface area contributed by atoms with Crippen LogP contribution >= 0.6 is 0 Å². The van der Waals surface area contributed by atoms with Gasteiger partial charge in [-0.25, -0.2) is 4.79 Å². The molecule has 6 heteroatoms. The molecule has 0 bridgehead atoms. The van der Waals surface area contributed by atoms with Crippen molar-refractivity contribution in [3.05, 3.63) is 23.8 Å². The van der Waals surface area contributed by atoms with E-state index in [-0.39, 0.29) is 17.7 Å². The number of terminal acetylenes is 1. The van der Waals surface area contributed by atoms with Crippen molar-refractivity contribution in [1.82, 2.24) is 5.32 Å². The number of nitrogen functional groups attached to an aromatic ring is 1. The van der Waals surface area contributed by atoms with Crippen molar-refractivity contribution in [1.29, 1.82) is 0 Å². The number of rotatable bonds is 5. The highest BCUT2D eigenvalue weighted by Crippen LogP contribution is 2.19. The second kappa shape index (κ2) is 6.31. The van der Waals surface area contributed by atoms with Crippen LogP contribution in [0.4, 0.5) is 5.69 Å². The number of amides is 1. The van der Waals surface area contributed by atoms with Gasteiger partial charge in [-0.05, 0) is 12.1 Å². The van der Waals surface area contributed by atoms with Gasteiger partial charge in [-0.2, -0.15) is 0 Å². The van der Waals surface area contributed by atoms with Gasteiger partial charge in [-0.3, -0.25) is 4.79 Å². The van der Waals surface area contributed by atoms with Crippen LogP contribution in [0, 0.1) is 12.3 Å². The Labute approximate surface area is 110 Å². The number of carbonyl (C=O) groups excluding carboxylic acids is 1. The van der Waals surface area contributed by atoms with Gasteiger partial charge in [0.2, 0.25) is 0 Å². The van der Waals surface area contributed by atoms with E-state index in [0.29, 0.717) is 5.75 Å². The van der Waals surface area contributed by atoms with Crippen molar-refractivity contribution in [2.45, 2.75) is 12.5 Å². The molecular weight excluding hydrogens is 248 g/mol. The normalized spacial score (nSPS) is 11.2. The number of carboxylic acids is 1. The van der Waals surface area contributed by atoms with Gasteiger partial charge in [0.05, 0.1) is 12.7 Å². The molecule has 0 aliphatic heterocycles. The minimum absolute atomic E-state index is 0.100. The van der Waals surface area contributed by atoms with Gasteiger partial charge < -0.3 is 20.9 Å². The molecular formula is C13H14N2O4. The van der Waals surface area contributed by atoms with Gasteiger partial charge in [-0.15, -0.1) is 12.3 Å². The molecule has 0 radical (unpaired) electrons. The summed E-state index contributed by atoms with van der Waals surface area (Å²) in [5, 5.41) is 11.2. The molecule has 1 atom stereocenters. The fourth-order valence-electron chi connectivity index (χ4n) is 1.43. The summed E-state index contributed by atoms with van der Waals surface area (Å²) < 4.78 is 4.96. The van der Waals surface area contributed by atoms with E-state index in [9.17, 15) is 9.59 Å². The first-order chi connectivity index (χ1) is 8.99. The van der Waals surface area contributed by atoms with Crippen molar-refractivity contribution >= 4 is 17.6 Å². The molecule has 6 nitrogen and oxygen atoms in total. The van der Waals surface area contributed by atoms with E-state index in [2.05, 4.69) is 11.2 Å². The van der Waals surface area contributed by atoms with E-state index < -0.39 is 17.9 Å². The van der Waals surface area contributed by atoms with Crippen LogP contribution in [0.25, 0.3) is 0 Å². The summed E-state index contributed by atoms with van der Waals surface area (Å²) in [6.45, 7) is 0. The molecule has 0 spiro atoms. The maximum atomic E-state index is 11.9. The highest BCUT2D eigenvalue weighted by atomic mass is 16.5. The first kappa shape index (κ1) is 14.4. The predicted molar refractivity (Wildman–Crippen MR) is 69.7 cm³/mol. The molecule has 19 heavy (non-hydrogen) atoms. The van der Waals surface area contributed by atoms with Crippen molar-refractivity contribution in [3.63, 3.8) is 0 Å². The minimum Gasteiger partial charge on any atom is -0.497 e. The Kier molecular flexibility index (Phi) is 4.77. The first-order valence-electron chi connectivity index (χ1n) is 5.40. The zero-order chi connectivity index (χ0) is 14.4. The number of nitrogens with one attached hydrogen (secondary N) is 1. The summed E-state index contributed by atoms with van der Waals surface area (Å²) in [4.78, 5) is 22.8. The molecule has 0 fully saturated rings. The Morgan fingerprint density at radius 3 is 2.74 bits per heavy atom. The largest absolute Gasteiger partial charge is 0.497 e. The Hall–Kier alpha value is -2.68. The number of hydrogen-bond acceptors (Lipinski definition) is 4. The van der Waals surface area contributed by atoms with Crippen molar-refractivity contribution < 1.29 is 19.4 Å². The van der Waals surface area contributed by atoms with E-state index >= 15 is 0 Å². The first-order valence-corrected chi connectivity index (χ1v) is 5.40. The third-order valence-corrected chi connectivity index (χ3v) is 2.43. The Balaban J connectivity index is 2.89. The van der Waals surface area contributed by atoms with Gasteiger partial charge in [-0.1, -0.05) is 0 Å².